The first-order valence-electron chi connectivity index (χ1n) is 6.99. The second-order valence-electron chi connectivity index (χ2n) is 5.05. The summed E-state index contributed by atoms with van der Waals surface area (Å²) in [5.41, 5.74) is 2.94. The summed E-state index contributed by atoms with van der Waals surface area (Å²) in [5, 5.41) is 3.56. The van der Waals surface area contributed by atoms with Crippen LogP contribution < -0.4 is 10.1 Å². The predicted molar refractivity (Wildman–Crippen MR) is 84.1 cm³/mol. The molecule has 108 valence electrons. The SMILES string of the molecule is CCOc1ccc(CC2C(=O)Nc3ccc(Cl)cc32)cc1. The fourth-order valence-electron chi connectivity index (χ4n) is 2.62. The van der Waals surface area contributed by atoms with Crippen molar-refractivity contribution >= 4 is 23.2 Å². The van der Waals surface area contributed by atoms with Gasteiger partial charge in [-0.15, -0.1) is 0 Å². The Morgan fingerprint density at radius 2 is 1.95 bits per heavy atom. The Kier molecular flexibility index (Phi) is 3.84. The van der Waals surface area contributed by atoms with Crippen LogP contribution in [0, 0.1) is 0 Å². The van der Waals surface area contributed by atoms with Crippen molar-refractivity contribution < 1.29 is 9.53 Å². The van der Waals surface area contributed by atoms with E-state index in [0.29, 0.717) is 18.1 Å². The van der Waals surface area contributed by atoms with Crippen LogP contribution in [0.25, 0.3) is 0 Å². The first kappa shape index (κ1) is 14.0. The Bertz CT molecular complexity index is 667. The molecule has 1 atom stereocenters. The van der Waals surface area contributed by atoms with Crippen LogP contribution in [0.15, 0.2) is 42.5 Å². The molecule has 1 heterocycles. The number of hydrogen-bond acceptors (Lipinski definition) is 2. The zero-order chi connectivity index (χ0) is 14.8. The molecule has 1 aliphatic rings. The molecule has 0 bridgehead atoms. The van der Waals surface area contributed by atoms with Gasteiger partial charge in [-0.1, -0.05) is 23.7 Å². The number of anilines is 1. The molecule has 2 aromatic carbocycles. The molecule has 2 aromatic rings. The molecule has 1 amide bonds. The molecule has 1 unspecified atom stereocenters. The van der Waals surface area contributed by atoms with Crippen molar-refractivity contribution in [1.82, 2.24) is 0 Å². The number of ether oxygens (including phenoxy) is 1. The van der Waals surface area contributed by atoms with Gasteiger partial charge in [0, 0.05) is 10.7 Å². The summed E-state index contributed by atoms with van der Waals surface area (Å²) >= 11 is 6.04. The topological polar surface area (TPSA) is 38.3 Å². The summed E-state index contributed by atoms with van der Waals surface area (Å²) in [5.74, 6) is 0.693. The van der Waals surface area contributed by atoms with Crippen LogP contribution in [-0.4, -0.2) is 12.5 Å². The quantitative estimate of drug-likeness (QED) is 0.926. The van der Waals surface area contributed by atoms with Gasteiger partial charge in [-0.05, 0) is 54.8 Å². The van der Waals surface area contributed by atoms with Crippen LogP contribution in [0.1, 0.15) is 24.0 Å². The van der Waals surface area contributed by atoms with Gasteiger partial charge >= 0.3 is 0 Å². The van der Waals surface area contributed by atoms with E-state index in [2.05, 4.69) is 5.32 Å². The second-order valence-corrected chi connectivity index (χ2v) is 5.49. The number of hydrogen-bond donors (Lipinski definition) is 1. The largest absolute Gasteiger partial charge is 0.494 e. The molecule has 3 rings (SSSR count). The van der Waals surface area contributed by atoms with Crippen molar-refractivity contribution in [3.05, 3.63) is 58.6 Å². The maximum Gasteiger partial charge on any atom is 0.232 e. The van der Waals surface area contributed by atoms with Crippen LogP contribution in [0.5, 0.6) is 5.75 Å². The van der Waals surface area contributed by atoms with Gasteiger partial charge in [-0.3, -0.25) is 4.79 Å². The van der Waals surface area contributed by atoms with E-state index in [4.69, 9.17) is 16.3 Å². The summed E-state index contributed by atoms with van der Waals surface area (Å²) in [6, 6.07) is 13.4. The van der Waals surface area contributed by atoms with Gasteiger partial charge < -0.3 is 10.1 Å². The summed E-state index contributed by atoms with van der Waals surface area (Å²) in [6.07, 6.45) is 0.658. The zero-order valence-corrected chi connectivity index (χ0v) is 12.5. The van der Waals surface area contributed by atoms with Crippen LogP contribution in [0.4, 0.5) is 5.69 Å². The van der Waals surface area contributed by atoms with E-state index in [1.165, 1.54) is 0 Å². The fourth-order valence-corrected chi connectivity index (χ4v) is 2.80. The number of fused-ring (bicyclic) bond motifs is 1. The molecule has 4 heteroatoms. The number of amides is 1. The van der Waals surface area contributed by atoms with Crippen molar-refractivity contribution in [3.63, 3.8) is 0 Å². The van der Waals surface area contributed by atoms with Gasteiger partial charge in [0.15, 0.2) is 0 Å². The molecular formula is C17H16ClNO2. The fraction of sp³-hybridized carbons (Fsp3) is 0.235. The number of halogens is 1. The van der Waals surface area contributed by atoms with E-state index >= 15 is 0 Å². The number of rotatable bonds is 4. The predicted octanol–water partition coefficient (Wildman–Crippen LogP) is 4.02. The molecule has 0 aliphatic carbocycles. The first-order chi connectivity index (χ1) is 10.2. The number of carbonyl (C=O) groups is 1. The standard InChI is InChI=1S/C17H16ClNO2/c1-2-21-13-6-3-11(4-7-13)9-15-14-10-12(18)5-8-16(14)19-17(15)20/h3-8,10,15H,2,9H2,1H3,(H,19,20). The minimum Gasteiger partial charge on any atom is -0.494 e. The maximum absolute atomic E-state index is 12.1. The molecule has 1 N–H and O–H groups in total. The monoisotopic (exact) mass is 301 g/mol. The van der Waals surface area contributed by atoms with E-state index in [-0.39, 0.29) is 11.8 Å². The van der Waals surface area contributed by atoms with Gasteiger partial charge in [0.25, 0.3) is 0 Å². The number of carbonyl (C=O) groups excluding carboxylic acids is 1. The summed E-state index contributed by atoms with van der Waals surface area (Å²) in [6.45, 7) is 2.60. The summed E-state index contributed by atoms with van der Waals surface area (Å²) in [4.78, 5) is 12.1. The van der Waals surface area contributed by atoms with E-state index < -0.39 is 0 Å². The van der Waals surface area contributed by atoms with Crippen molar-refractivity contribution in [2.24, 2.45) is 0 Å². The molecule has 21 heavy (non-hydrogen) atoms. The first-order valence-corrected chi connectivity index (χ1v) is 7.37. The van der Waals surface area contributed by atoms with Crippen LogP contribution in [-0.2, 0) is 11.2 Å². The normalized spacial score (nSPS) is 16.5. The highest BCUT2D eigenvalue weighted by molar-refractivity contribution is 6.31. The molecule has 0 fully saturated rings. The lowest BCUT2D eigenvalue weighted by atomic mass is 9.93. The molecule has 0 saturated heterocycles. The van der Waals surface area contributed by atoms with Gasteiger partial charge in [0.2, 0.25) is 5.91 Å². The van der Waals surface area contributed by atoms with Crippen molar-refractivity contribution in [2.75, 3.05) is 11.9 Å². The Morgan fingerprint density at radius 1 is 1.19 bits per heavy atom. The van der Waals surface area contributed by atoms with Crippen molar-refractivity contribution in [1.29, 1.82) is 0 Å². The minimum atomic E-state index is -0.184. The lowest BCUT2D eigenvalue weighted by molar-refractivity contribution is -0.117. The van der Waals surface area contributed by atoms with Crippen LogP contribution in [0.2, 0.25) is 5.02 Å². The second kappa shape index (κ2) is 5.78. The Hall–Kier alpha value is -2.00. The van der Waals surface area contributed by atoms with Gasteiger partial charge in [0.1, 0.15) is 5.75 Å². The van der Waals surface area contributed by atoms with Gasteiger partial charge in [0.05, 0.1) is 12.5 Å². The van der Waals surface area contributed by atoms with E-state index in [0.717, 1.165) is 22.6 Å². The third-order valence-electron chi connectivity index (χ3n) is 3.64. The number of benzene rings is 2. The molecule has 0 spiro atoms. The smallest absolute Gasteiger partial charge is 0.232 e. The average molecular weight is 302 g/mol. The van der Waals surface area contributed by atoms with E-state index in [1.807, 2.05) is 43.3 Å². The molecule has 0 radical (unpaired) electrons. The summed E-state index contributed by atoms with van der Waals surface area (Å²) in [7, 11) is 0. The molecule has 0 saturated carbocycles. The zero-order valence-electron chi connectivity index (χ0n) is 11.7. The van der Waals surface area contributed by atoms with Gasteiger partial charge in [-0.2, -0.15) is 0 Å². The average Bonchev–Trinajstić information content (AvgIpc) is 2.77. The van der Waals surface area contributed by atoms with Crippen molar-refractivity contribution in [2.45, 2.75) is 19.3 Å². The Balaban J connectivity index is 1.82. The highest BCUT2D eigenvalue weighted by Crippen LogP contribution is 2.36. The lowest BCUT2D eigenvalue weighted by Gasteiger charge is -2.10. The third-order valence-corrected chi connectivity index (χ3v) is 3.87. The third kappa shape index (κ3) is 2.88. The van der Waals surface area contributed by atoms with Crippen LogP contribution in [0.3, 0.4) is 0 Å². The summed E-state index contributed by atoms with van der Waals surface area (Å²) < 4.78 is 5.43. The number of nitrogens with one attached hydrogen (secondary N) is 1. The molecule has 1 aliphatic heterocycles. The minimum absolute atomic E-state index is 0.0288. The molecule has 0 aromatic heterocycles. The molecular weight excluding hydrogens is 286 g/mol. The van der Waals surface area contributed by atoms with Crippen LogP contribution >= 0.6 is 11.6 Å². The highest BCUT2D eigenvalue weighted by Gasteiger charge is 2.30. The van der Waals surface area contributed by atoms with Gasteiger partial charge in [-0.25, -0.2) is 0 Å². The maximum atomic E-state index is 12.1. The van der Waals surface area contributed by atoms with E-state index in [1.54, 1.807) is 6.07 Å². The molecule has 3 nitrogen and oxygen atoms in total. The van der Waals surface area contributed by atoms with E-state index in [9.17, 15) is 4.79 Å². The lowest BCUT2D eigenvalue weighted by Crippen LogP contribution is -2.14. The van der Waals surface area contributed by atoms with Crippen molar-refractivity contribution in [3.8, 4) is 5.75 Å². The Morgan fingerprint density at radius 3 is 2.67 bits per heavy atom. The Labute approximate surface area is 128 Å². The highest BCUT2D eigenvalue weighted by atomic mass is 35.5.